The van der Waals surface area contributed by atoms with Crippen LogP contribution in [0.5, 0.6) is 0 Å². The van der Waals surface area contributed by atoms with Gasteiger partial charge >= 0.3 is 6.09 Å². The van der Waals surface area contributed by atoms with E-state index in [-0.39, 0.29) is 12.1 Å². The lowest BCUT2D eigenvalue weighted by atomic mass is 9.95. The van der Waals surface area contributed by atoms with Gasteiger partial charge < -0.3 is 20.1 Å². The number of hydrogen-bond acceptors (Lipinski definition) is 5. The molecule has 1 amide bonds. The van der Waals surface area contributed by atoms with Crippen LogP contribution < -0.4 is 5.73 Å². The summed E-state index contributed by atoms with van der Waals surface area (Å²) >= 11 is 0. The molecule has 2 atom stereocenters. The zero-order valence-electron chi connectivity index (χ0n) is 12.5. The maximum atomic E-state index is 11.7. The lowest BCUT2D eigenvalue weighted by Gasteiger charge is -2.35. The van der Waals surface area contributed by atoms with Crippen molar-refractivity contribution >= 4 is 12.6 Å². The van der Waals surface area contributed by atoms with Gasteiger partial charge in [-0.3, -0.25) is 4.79 Å². The van der Waals surface area contributed by atoms with Crippen molar-refractivity contribution in [1.29, 1.82) is 0 Å². The molecule has 2 N–H and O–H groups in total. The molecule has 0 aromatic carbocycles. The summed E-state index contributed by atoms with van der Waals surface area (Å²) in [5.41, 5.74) is 5.47. The van der Waals surface area contributed by atoms with Crippen LogP contribution in [0.3, 0.4) is 0 Å². The summed E-state index contributed by atoms with van der Waals surface area (Å²) in [4.78, 5) is 22.4. The largest absolute Gasteiger partial charge is 0.471 e. The molecule has 0 spiro atoms. The van der Waals surface area contributed by atoms with Crippen LogP contribution in [-0.2, 0) is 14.3 Å². The highest BCUT2D eigenvalue weighted by atomic mass is 16.6. The summed E-state index contributed by atoms with van der Waals surface area (Å²) < 4.78 is 9.17. The van der Waals surface area contributed by atoms with Crippen molar-refractivity contribution in [2.75, 3.05) is 20.2 Å². The van der Waals surface area contributed by atoms with Gasteiger partial charge in [-0.05, 0) is 33.1 Å². The topological polar surface area (TPSA) is 81.9 Å². The normalized spacial score (nSPS) is 22.9. The second-order valence-corrected chi connectivity index (χ2v) is 5.69. The van der Waals surface area contributed by atoms with E-state index in [4.69, 9.17) is 15.3 Å². The molecule has 0 radical (unpaired) electrons. The molecule has 6 nitrogen and oxygen atoms in total. The molecule has 19 heavy (non-hydrogen) atoms. The van der Waals surface area contributed by atoms with Gasteiger partial charge in [0.05, 0.1) is 7.11 Å². The van der Waals surface area contributed by atoms with Crippen molar-refractivity contribution in [2.24, 2.45) is 11.7 Å². The number of ether oxygens (including phenoxy) is 2. The predicted octanol–water partition coefficient (Wildman–Crippen LogP) is 1.38. The molecule has 1 saturated heterocycles. The maximum absolute atomic E-state index is 11.7. The minimum Gasteiger partial charge on any atom is -0.471 e. The minimum atomic E-state index is -0.417. The highest BCUT2D eigenvalue weighted by Crippen LogP contribution is 2.17. The molecular weight excluding hydrogens is 248 g/mol. The fraction of sp³-hybridized carbons (Fsp3) is 0.846. The lowest BCUT2D eigenvalue weighted by molar-refractivity contribution is -0.126. The van der Waals surface area contributed by atoms with Gasteiger partial charge in [0.2, 0.25) is 0 Å². The fourth-order valence-electron chi connectivity index (χ4n) is 1.66. The van der Waals surface area contributed by atoms with Crippen LogP contribution in [-0.4, -0.2) is 49.3 Å². The Hall–Kier alpha value is -1.30. The number of rotatable bonds is 1. The first-order chi connectivity index (χ1) is 8.71. The van der Waals surface area contributed by atoms with Crippen LogP contribution >= 0.6 is 0 Å². The van der Waals surface area contributed by atoms with Gasteiger partial charge in [0.25, 0.3) is 6.47 Å². The lowest BCUT2D eigenvalue weighted by Crippen LogP contribution is -2.49. The third-order valence-corrected chi connectivity index (χ3v) is 2.72. The molecule has 112 valence electrons. The van der Waals surface area contributed by atoms with E-state index in [9.17, 15) is 4.79 Å². The third kappa shape index (κ3) is 7.66. The summed E-state index contributed by atoms with van der Waals surface area (Å²) in [6.07, 6.45) is 0.640. The monoisotopic (exact) mass is 274 g/mol. The fourth-order valence-corrected chi connectivity index (χ4v) is 1.66. The van der Waals surface area contributed by atoms with E-state index in [1.165, 1.54) is 7.11 Å². The summed E-state index contributed by atoms with van der Waals surface area (Å²) in [5, 5.41) is 0. The number of piperidine rings is 1. The van der Waals surface area contributed by atoms with E-state index < -0.39 is 5.60 Å². The van der Waals surface area contributed by atoms with Gasteiger partial charge in [-0.2, -0.15) is 0 Å². The standard InChI is InChI=1S/C11H22N2O2.C2H4O2/c1-8-7-13(6-5-9(8)12)10(14)15-11(2,3)4;1-4-2-3/h8-9H,5-7,12H2,1-4H3;2H,1H3. The Balaban J connectivity index is 0.000000711. The SMILES string of the molecule is CC1CN(C(=O)OC(C)(C)C)CCC1N.COC=O. The Morgan fingerprint density at radius 2 is 1.95 bits per heavy atom. The Morgan fingerprint density at radius 1 is 1.42 bits per heavy atom. The van der Waals surface area contributed by atoms with Crippen molar-refractivity contribution in [3.05, 3.63) is 0 Å². The Labute approximate surface area is 115 Å². The highest BCUT2D eigenvalue weighted by Gasteiger charge is 2.29. The van der Waals surface area contributed by atoms with Crippen LogP contribution in [0, 0.1) is 5.92 Å². The maximum Gasteiger partial charge on any atom is 0.410 e. The van der Waals surface area contributed by atoms with Crippen LogP contribution in [0.1, 0.15) is 34.1 Å². The second kappa shape index (κ2) is 7.99. The van der Waals surface area contributed by atoms with Crippen molar-refractivity contribution in [1.82, 2.24) is 4.90 Å². The molecule has 0 aromatic rings. The quantitative estimate of drug-likeness (QED) is 0.730. The predicted molar refractivity (Wildman–Crippen MR) is 72.6 cm³/mol. The minimum absolute atomic E-state index is 0.212. The molecule has 0 aliphatic carbocycles. The van der Waals surface area contributed by atoms with Crippen LogP contribution in [0.2, 0.25) is 0 Å². The number of nitrogens with zero attached hydrogens (tertiary/aromatic N) is 1. The molecule has 1 aliphatic heterocycles. The Kier molecular flexibility index (Phi) is 7.44. The first-order valence-electron chi connectivity index (χ1n) is 6.41. The first-order valence-corrected chi connectivity index (χ1v) is 6.41. The number of nitrogens with two attached hydrogens (primary N) is 1. The van der Waals surface area contributed by atoms with E-state index in [1.54, 1.807) is 4.90 Å². The van der Waals surface area contributed by atoms with Crippen molar-refractivity contribution in [3.63, 3.8) is 0 Å². The molecule has 0 aromatic heterocycles. The number of carbonyl (C=O) groups excluding carboxylic acids is 2. The van der Waals surface area contributed by atoms with Crippen LogP contribution in [0.15, 0.2) is 0 Å². The Morgan fingerprint density at radius 3 is 2.32 bits per heavy atom. The van der Waals surface area contributed by atoms with Crippen LogP contribution in [0.25, 0.3) is 0 Å². The van der Waals surface area contributed by atoms with Gasteiger partial charge in [0, 0.05) is 19.1 Å². The molecule has 2 unspecified atom stereocenters. The van der Waals surface area contributed by atoms with Gasteiger partial charge in [-0.25, -0.2) is 4.79 Å². The van der Waals surface area contributed by atoms with E-state index in [1.807, 2.05) is 20.8 Å². The average molecular weight is 274 g/mol. The van der Waals surface area contributed by atoms with Gasteiger partial charge in [0.15, 0.2) is 0 Å². The average Bonchev–Trinajstić information content (AvgIpc) is 2.31. The molecule has 1 rings (SSSR count). The summed E-state index contributed by atoms with van der Waals surface area (Å²) in [7, 11) is 1.31. The number of methoxy groups -OCH3 is 1. The number of likely N-dealkylation sites (tertiary alicyclic amines) is 1. The first kappa shape index (κ1) is 17.7. The number of carbonyl (C=O) groups is 2. The molecule has 1 fully saturated rings. The van der Waals surface area contributed by atoms with Gasteiger partial charge in [-0.15, -0.1) is 0 Å². The molecule has 0 bridgehead atoms. The molecule has 1 aliphatic rings. The summed E-state index contributed by atoms with van der Waals surface area (Å²) in [6, 6.07) is 0.212. The second-order valence-electron chi connectivity index (χ2n) is 5.69. The van der Waals surface area contributed by atoms with E-state index in [2.05, 4.69) is 11.7 Å². The smallest absolute Gasteiger partial charge is 0.410 e. The highest BCUT2D eigenvalue weighted by molar-refractivity contribution is 5.68. The third-order valence-electron chi connectivity index (χ3n) is 2.72. The van der Waals surface area contributed by atoms with Gasteiger partial charge in [-0.1, -0.05) is 6.92 Å². The summed E-state index contributed by atoms with van der Waals surface area (Å²) in [5.74, 6) is 0.353. The summed E-state index contributed by atoms with van der Waals surface area (Å²) in [6.45, 7) is 9.50. The van der Waals surface area contributed by atoms with E-state index >= 15 is 0 Å². The molecular formula is C13H26N2O4. The zero-order valence-corrected chi connectivity index (χ0v) is 12.5. The number of amides is 1. The van der Waals surface area contributed by atoms with E-state index in [0.29, 0.717) is 25.5 Å². The van der Waals surface area contributed by atoms with Crippen molar-refractivity contribution in [3.8, 4) is 0 Å². The molecule has 0 saturated carbocycles. The molecule has 6 heteroatoms. The van der Waals surface area contributed by atoms with Crippen molar-refractivity contribution < 1.29 is 19.1 Å². The van der Waals surface area contributed by atoms with Gasteiger partial charge in [0.1, 0.15) is 5.60 Å². The van der Waals surface area contributed by atoms with E-state index in [0.717, 1.165) is 6.42 Å². The molecule has 1 heterocycles. The number of hydrogen-bond donors (Lipinski definition) is 1. The zero-order chi connectivity index (χ0) is 15.1. The Bertz CT molecular complexity index is 289. The van der Waals surface area contributed by atoms with Crippen LogP contribution in [0.4, 0.5) is 4.79 Å². The van der Waals surface area contributed by atoms with Crippen molar-refractivity contribution in [2.45, 2.75) is 45.8 Å².